The van der Waals surface area contributed by atoms with Crippen LogP contribution in [0.1, 0.15) is 63.4 Å². The number of aliphatic hydroxyl groups excluding tert-OH is 2. The number of hydrogen-bond donors (Lipinski definition) is 4. The molecule has 0 aromatic heterocycles. The number of allylic oxidation sites excluding steroid dienone is 3. The van der Waals surface area contributed by atoms with Crippen molar-refractivity contribution in [1.29, 1.82) is 0 Å². The zero-order valence-corrected chi connectivity index (χ0v) is 35.1. The summed E-state index contributed by atoms with van der Waals surface area (Å²) in [6.07, 6.45) is 12.4. The first kappa shape index (κ1) is 46.3. The number of fused-ring (bicyclic) bond motifs is 5. The fourth-order valence-electron chi connectivity index (χ4n) is 9.67. The summed E-state index contributed by atoms with van der Waals surface area (Å²) in [5.41, 5.74) is 9.41. The van der Waals surface area contributed by atoms with E-state index in [1.165, 1.54) is 11.1 Å². The van der Waals surface area contributed by atoms with Crippen LogP contribution in [0, 0.1) is 29.1 Å². The average molecular weight is 818 g/mol. The molecule has 328 valence electrons. The summed E-state index contributed by atoms with van der Waals surface area (Å²) in [6, 6.07) is 8.76. The van der Waals surface area contributed by atoms with Gasteiger partial charge in [-0.2, -0.15) is 0 Å². The molecule has 5 N–H and O–H groups in total. The SMILES string of the molecule is CN(CCOCCOCCOCCOCC/C(N)=C/NCCOCCOCCF)CCOc1ccc([C@H]2C[C@@]3(C)C(CC[C@@H]3O)C3CCC4=CC(O)=CCC4C32)cc1. The van der Waals surface area contributed by atoms with E-state index < -0.39 is 6.67 Å². The topological polar surface area (TPSA) is 146 Å². The standard InChI is InChI=1S/C45H72FN3O9/c1-45-32-41(44-39-10-6-37(50)31-35(39)5-9-40(44)42(45)11-12-43(45)51)34-3-7-38(8-4-34)58-22-17-49(2)16-21-55-26-28-57-30-29-56-27-23-52-18-13-36(47)33-48-15-20-54-25-24-53-19-14-46/h3-4,6-8,31,33,39-44,48,50-51H,5,9-30,32,47H2,1-2H3/b36-33-/t39?,40?,41-,42?,43+,44?,45+/m1/s1. The number of aliphatic hydroxyl groups is 2. The zero-order chi connectivity index (χ0) is 41.0. The van der Waals surface area contributed by atoms with E-state index in [9.17, 15) is 14.6 Å². The molecule has 58 heavy (non-hydrogen) atoms. The summed E-state index contributed by atoms with van der Waals surface area (Å²) in [5, 5.41) is 24.5. The minimum Gasteiger partial charge on any atom is -0.508 e. The summed E-state index contributed by atoms with van der Waals surface area (Å²) in [6.45, 7) is 10.3. The predicted octanol–water partition coefficient (Wildman–Crippen LogP) is 5.53. The molecule has 12 nitrogen and oxygen atoms in total. The van der Waals surface area contributed by atoms with Crippen LogP contribution in [0.3, 0.4) is 0 Å². The molecule has 0 bridgehead atoms. The highest BCUT2D eigenvalue weighted by molar-refractivity contribution is 5.35. The fourth-order valence-corrected chi connectivity index (χ4v) is 9.67. The van der Waals surface area contributed by atoms with Crippen LogP contribution in [0.25, 0.3) is 0 Å². The number of nitrogens with zero attached hydrogens (tertiary/aromatic N) is 1. The molecule has 0 saturated heterocycles. The van der Waals surface area contributed by atoms with Crippen LogP contribution in [-0.2, 0) is 28.4 Å². The maximum atomic E-state index is 11.9. The van der Waals surface area contributed by atoms with Crippen molar-refractivity contribution in [2.75, 3.05) is 119 Å². The van der Waals surface area contributed by atoms with Gasteiger partial charge in [0.05, 0.1) is 85.4 Å². The van der Waals surface area contributed by atoms with Crippen molar-refractivity contribution >= 4 is 0 Å². The number of nitrogens with two attached hydrogens (primary N) is 1. The highest BCUT2D eigenvalue weighted by Gasteiger charge is 2.59. The van der Waals surface area contributed by atoms with Gasteiger partial charge >= 0.3 is 0 Å². The first-order valence-corrected chi connectivity index (χ1v) is 21.7. The van der Waals surface area contributed by atoms with Crippen LogP contribution in [0.2, 0.25) is 0 Å². The number of alkyl halides is 1. The Morgan fingerprint density at radius 1 is 0.845 bits per heavy atom. The lowest BCUT2D eigenvalue weighted by molar-refractivity contribution is -0.0642. The fraction of sp³-hybridized carbons (Fsp3) is 0.733. The minimum absolute atomic E-state index is 0.0358. The Kier molecular flexibility index (Phi) is 20.1. The molecular weight excluding hydrogens is 746 g/mol. The van der Waals surface area contributed by atoms with Gasteiger partial charge in [-0.25, -0.2) is 4.39 Å². The highest BCUT2D eigenvalue weighted by atomic mass is 19.1. The smallest absolute Gasteiger partial charge is 0.119 e. The number of likely N-dealkylation sites (N-methyl/N-ethyl adjacent to an activating group) is 1. The third-order valence-electron chi connectivity index (χ3n) is 12.7. The summed E-state index contributed by atoms with van der Waals surface area (Å²) in [5.74, 6) is 3.89. The third kappa shape index (κ3) is 14.2. The van der Waals surface area contributed by atoms with Crippen LogP contribution in [-0.4, -0.2) is 140 Å². The Hall–Kier alpha value is -2.75. The number of ether oxygens (including phenoxy) is 7. The molecule has 1 aromatic carbocycles. The van der Waals surface area contributed by atoms with E-state index in [-0.39, 0.29) is 18.1 Å². The Bertz CT molecular complexity index is 1410. The number of hydrogen-bond acceptors (Lipinski definition) is 12. The van der Waals surface area contributed by atoms with Gasteiger partial charge in [0.1, 0.15) is 24.8 Å². The molecule has 0 amide bonds. The molecule has 4 aliphatic carbocycles. The Labute approximate surface area is 346 Å². The van der Waals surface area contributed by atoms with Gasteiger partial charge in [-0.3, -0.25) is 0 Å². The quantitative estimate of drug-likeness (QED) is 0.0756. The van der Waals surface area contributed by atoms with E-state index in [0.29, 0.717) is 133 Å². The van der Waals surface area contributed by atoms with E-state index in [0.717, 1.165) is 57.4 Å². The van der Waals surface area contributed by atoms with Crippen molar-refractivity contribution in [3.8, 4) is 5.75 Å². The Balaban J connectivity index is 0.857. The molecule has 1 aromatic rings. The molecule has 4 aliphatic rings. The van der Waals surface area contributed by atoms with Crippen LogP contribution in [0.4, 0.5) is 4.39 Å². The van der Waals surface area contributed by atoms with E-state index in [4.69, 9.17) is 38.9 Å². The number of nitrogens with one attached hydrogen (secondary N) is 1. The molecule has 5 rings (SSSR count). The van der Waals surface area contributed by atoms with Crippen LogP contribution in [0.15, 0.2) is 59.6 Å². The van der Waals surface area contributed by atoms with Crippen molar-refractivity contribution in [3.05, 3.63) is 65.2 Å². The second kappa shape index (κ2) is 25.1. The predicted molar refractivity (Wildman–Crippen MR) is 223 cm³/mol. The van der Waals surface area contributed by atoms with Gasteiger partial charge in [-0.1, -0.05) is 24.6 Å². The lowest BCUT2D eigenvalue weighted by atomic mass is 9.48. The first-order chi connectivity index (χ1) is 28.3. The molecule has 0 spiro atoms. The molecule has 7 atom stereocenters. The molecule has 4 unspecified atom stereocenters. The van der Waals surface area contributed by atoms with Crippen LogP contribution < -0.4 is 15.8 Å². The van der Waals surface area contributed by atoms with Crippen molar-refractivity contribution in [2.45, 2.75) is 63.9 Å². The summed E-state index contributed by atoms with van der Waals surface area (Å²) in [4.78, 5) is 2.21. The average Bonchev–Trinajstić information content (AvgIpc) is 3.53. The number of rotatable bonds is 29. The lowest BCUT2D eigenvalue weighted by Gasteiger charge is -2.56. The van der Waals surface area contributed by atoms with Crippen molar-refractivity contribution < 1.29 is 47.8 Å². The van der Waals surface area contributed by atoms with Crippen LogP contribution in [0.5, 0.6) is 5.75 Å². The zero-order valence-electron chi connectivity index (χ0n) is 35.1. The van der Waals surface area contributed by atoms with Gasteiger partial charge in [-0.05, 0) is 110 Å². The van der Waals surface area contributed by atoms with E-state index in [1.807, 2.05) is 12.2 Å². The summed E-state index contributed by atoms with van der Waals surface area (Å²) >= 11 is 0. The Morgan fingerprint density at radius 2 is 1.48 bits per heavy atom. The molecule has 0 radical (unpaired) electrons. The summed E-state index contributed by atoms with van der Waals surface area (Å²) < 4.78 is 51.0. The first-order valence-electron chi connectivity index (χ1n) is 21.7. The van der Waals surface area contributed by atoms with Gasteiger partial charge in [-0.15, -0.1) is 0 Å². The van der Waals surface area contributed by atoms with E-state index in [1.54, 1.807) is 6.20 Å². The van der Waals surface area contributed by atoms with Crippen molar-refractivity contribution in [2.24, 2.45) is 34.8 Å². The number of halogens is 1. The lowest BCUT2D eigenvalue weighted by Crippen LogP contribution is -2.50. The molecular formula is C45H72FN3O9. The van der Waals surface area contributed by atoms with Gasteiger partial charge < -0.3 is 59.3 Å². The molecule has 0 heterocycles. The van der Waals surface area contributed by atoms with Gasteiger partial charge in [0.2, 0.25) is 0 Å². The maximum absolute atomic E-state index is 11.9. The molecule has 3 fully saturated rings. The largest absolute Gasteiger partial charge is 0.508 e. The van der Waals surface area contributed by atoms with Gasteiger partial charge in [0.25, 0.3) is 0 Å². The molecule has 3 saturated carbocycles. The molecule has 13 heteroatoms. The normalized spacial score (nSPS) is 26.8. The molecule has 0 aliphatic heterocycles. The summed E-state index contributed by atoms with van der Waals surface area (Å²) in [7, 11) is 2.08. The van der Waals surface area contributed by atoms with E-state index in [2.05, 4.69) is 48.5 Å². The monoisotopic (exact) mass is 818 g/mol. The van der Waals surface area contributed by atoms with E-state index >= 15 is 0 Å². The van der Waals surface area contributed by atoms with Crippen molar-refractivity contribution in [1.82, 2.24) is 10.2 Å². The second-order valence-electron chi connectivity index (χ2n) is 16.5. The van der Waals surface area contributed by atoms with Crippen LogP contribution >= 0.6 is 0 Å². The maximum Gasteiger partial charge on any atom is 0.119 e. The Morgan fingerprint density at radius 3 is 2.19 bits per heavy atom. The van der Waals surface area contributed by atoms with Gasteiger partial charge in [0.15, 0.2) is 0 Å². The minimum atomic E-state index is -0.477. The third-order valence-corrected chi connectivity index (χ3v) is 12.7. The number of benzene rings is 1. The van der Waals surface area contributed by atoms with Crippen molar-refractivity contribution in [3.63, 3.8) is 0 Å². The second-order valence-corrected chi connectivity index (χ2v) is 16.5. The van der Waals surface area contributed by atoms with Gasteiger partial charge in [0, 0.05) is 38.0 Å². The highest BCUT2D eigenvalue weighted by Crippen LogP contribution is 2.65.